The quantitative estimate of drug-likeness (QED) is 0.519. The summed E-state index contributed by atoms with van der Waals surface area (Å²) in [6, 6.07) is 5.09. The van der Waals surface area contributed by atoms with Crippen LogP contribution in [0.1, 0.15) is 64.2 Å². The number of ether oxygens (including phenoxy) is 2. The number of rotatable bonds is 7. The van der Waals surface area contributed by atoms with Crippen molar-refractivity contribution >= 4 is 29.7 Å². The molecule has 4 amide bonds. The predicted molar refractivity (Wildman–Crippen MR) is 128 cm³/mol. The third kappa shape index (κ3) is 8.92. The number of esters is 1. The molecule has 188 valence electrons. The Balaban J connectivity index is 1.78. The van der Waals surface area contributed by atoms with E-state index in [1.54, 1.807) is 36.1 Å². The first-order valence-electron chi connectivity index (χ1n) is 11.6. The molecule has 10 nitrogen and oxygen atoms in total. The summed E-state index contributed by atoms with van der Waals surface area (Å²) in [5.74, 6) is -0.722. The Hall–Kier alpha value is -3.30. The van der Waals surface area contributed by atoms with Gasteiger partial charge < -0.3 is 30.3 Å². The Bertz CT molecular complexity index is 857. The van der Waals surface area contributed by atoms with Gasteiger partial charge in [-0.2, -0.15) is 0 Å². The Morgan fingerprint density at radius 2 is 1.71 bits per heavy atom. The first-order valence-corrected chi connectivity index (χ1v) is 11.6. The van der Waals surface area contributed by atoms with Gasteiger partial charge >= 0.3 is 18.1 Å². The zero-order valence-electron chi connectivity index (χ0n) is 20.6. The fraction of sp³-hybridized carbons (Fsp3) is 0.583. The van der Waals surface area contributed by atoms with Gasteiger partial charge in [0, 0.05) is 38.2 Å². The Labute approximate surface area is 200 Å². The molecule has 1 atom stereocenters. The second-order valence-corrected chi connectivity index (χ2v) is 9.26. The lowest BCUT2D eigenvalue weighted by atomic mass is 10.1. The largest absolute Gasteiger partial charge is 0.459 e. The number of carbonyl (C=O) groups excluding carboxylic acids is 4. The molecule has 1 aromatic rings. The van der Waals surface area contributed by atoms with Crippen molar-refractivity contribution in [2.75, 3.05) is 25.0 Å². The lowest BCUT2D eigenvalue weighted by Gasteiger charge is -2.33. The number of hydrogen-bond donors (Lipinski definition) is 3. The van der Waals surface area contributed by atoms with Gasteiger partial charge in [0.1, 0.15) is 17.7 Å². The molecule has 0 spiro atoms. The summed E-state index contributed by atoms with van der Waals surface area (Å²) in [7, 11) is 0. The molecule has 0 aromatic heterocycles. The highest BCUT2D eigenvalue weighted by atomic mass is 16.6. The van der Waals surface area contributed by atoms with Crippen molar-refractivity contribution in [3.63, 3.8) is 0 Å². The van der Waals surface area contributed by atoms with Crippen molar-refractivity contribution in [3.8, 4) is 0 Å². The fourth-order valence-corrected chi connectivity index (χ4v) is 3.22. The summed E-state index contributed by atoms with van der Waals surface area (Å²) < 4.78 is 11.0. The number of benzene rings is 1. The highest BCUT2D eigenvalue weighted by Gasteiger charge is 2.28. The zero-order chi connectivity index (χ0) is 25.3. The van der Waals surface area contributed by atoms with Gasteiger partial charge in [0.25, 0.3) is 0 Å². The van der Waals surface area contributed by atoms with E-state index in [0.29, 0.717) is 43.7 Å². The van der Waals surface area contributed by atoms with E-state index < -0.39 is 23.6 Å². The molecule has 10 heteroatoms. The van der Waals surface area contributed by atoms with E-state index in [1.165, 1.54) is 0 Å². The molecule has 0 bridgehead atoms. The fourth-order valence-electron chi connectivity index (χ4n) is 3.22. The maximum absolute atomic E-state index is 12.5. The van der Waals surface area contributed by atoms with E-state index in [1.807, 2.05) is 27.7 Å². The number of urea groups is 1. The van der Waals surface area contributed by atoms with E-state index in [9.17, 15) is 19.2 Å². The topological polar surface area (TPSA) is 126 Å². The summed E-state index contributed by atoms with van der Waals surface area (Å²) in [5, 5.41) is 7.91. The third-order valence-corrected chi connectivity index (χ3v) is 5.04. The molecule has 0 radical (unpaired) electrons. The second kappa shape index (κ2) is 12.2. The molecular formula is C24H36N4O6. The molecule has 1 heterocycles. The second-order valence-electron chi connectivity index (χ2n) is 9.26. The number of nitrogens with one attached hydrogen (secondary N) is 3. The minimum Gasteiger partial charge on any atom is -0.459 e. The van der Waals surface area contributed by atoms with Crippen molar-refractivity contribution in [1.82, 2.24) is 15.5 Å². The highest BCUT2D eigenvalue weighted by Crippen LogP contribution is 2.19. The van der Waals surface area contributed by atoms with E-state index in [-0.39, 0.29) is 18.1 Å². The van der Waals surface area contributed by atoms with Crippen molar-refractivity contribution in [3.05, 3.63) is 29.8 Å². The molecule has 1 saturated heterocycles. The van der Waals surface area contributed by atoms with Gasteiger partial charge in [-0.25, -0.2) is 14.4 Å². The molecule has 0 aliphatic carbocycles. The Morgan fingerprint density at radius 1 is 1.09 bits per heavy atom. The first kappa shape index (κ1) is 26.9. The number of nitrogens with zero attached hydrogens (tertiary/aromatic N) is 1. The summed E-state index contributed by atoms with van der Waals surface area (Å²) >= 11 is 0. The lowest BCUT2D eigenvalue weighted by molar-refractivity contribution is -0.122. The van der Waals surface area contributed by atoms with E-state index in [0.717, 1.165) is 6.42 Å². The number of piperidine rings is 1. The van der Waals surface area contributed by atoms with Crippen LogP contribution in [0.2, 0.25) is 0 Å². The monoisotopic (exact) mass is 476 g/mol. The molecule has 1 aliphatic rings. The van der Waals surface area contributed by atoms with Crippen LogP contribution < -0.4 is 16.0 Å². The number of likely N-dealkylation sites (tertiary alicyclic amines) is 1. The number of amides is 4. The Morgan fingerprint density at radius 3 is 2.26 bits per heavy atom. The van der Waals surface area contributed by atoms with Crippen molar-refractivity contribution < 1.29 is 28.7 Å². The molecule has 0 unspecified atom stereocenters. The van der Waals surface area contributed by atoms with Crippen LogP contribution in [0.4, 0.5) is 15.3 Å². The average molecular weight is 477 g/mol. The molecule has 34 heavy (non-hydrogen) atoms. The van der Waals surface area contributed by atoms with Crippen LogP contribution in [0.5, 0.6) is 0 Å². The van der Waals surface area contributed by atoms with E-state index in [2.05, 4.69) is 16.0 Å². The molecule has 2 rings (SSSR count). The Kier molecular flexibility index (Phi) is 9.70. The predicted octanol–water partition coefficient (Wildman–Crippen LogP) is 3.28. The van der Waals surface area contributed by atoms with Crippen LogP contribution in [0, 0.1) is 0 Å². The summed E-state index contributed by atoms with van der Waals surface area (Å²) in [6.45, 7) is 10.5. The van der Waals surface area contributed by atoms with Crippen LogP contribution in [0.15, 0.2) is 24.3 Å². The van der Waals surface area contributed by atoms with Gasteiger partial charge in [-0.3, -0.25) is 4.79 Å². The van der Waals surface area contributed by atoms with Gasteiger partial charge in [-0.1, -0.05) is 6.92 Å². The maximum Gasteiger partial charge on any atom is 0.410 e. The van der Waals surface area contributed by atoms with Gasteiger partial charge in [0.05, 0.1) is 5.56 Å². The summed E-state index contributed by atoms with van der Waals surface area (Å²) in [6.07, 6.45) is 1.24. The molecular weight excluding hydrogens is 440 g/mol. The molecule has 1 fully saturated rings. The van der Waals surface area contributed by atoms with E-state index >= 15 is 0 Å². The first-order chi connectivity index (χ1) is 16.0. The molecule has 3 N–H and O–H groups in total. The van der Waals surface area contributed by atoms with Gasteiger partial charge in [0.15, 0.2) is 0 Å². The van der Waals surface area contributed by atoms with Crippen molar-refractivity contribution in [2.45, 2.75) is 71.6 Å². The average Bonchev–Trinajstić information content (AvgIpc) is 2.77. The summed E-state index contributed by atoms with van der Waals surface area (Å²) in [5.41, 5.74) is 0.276. The third-order valence-electron chi connectivity index (χ3n) is 5.04. The highest BCUT2D eigenvalue weighted by molar-refractivity contribution is 5.94. The van der Waals surface area contributed by atoms with Gasteiger partial charge in [-0.05, 0) is 58.4 Å². The van der Waals surface area contributed by atoms with Crippen LogP contribution in [0.3, 0.4) is 0 Å². The SMILES string of the molecule is CCCNC(=O)[C@@H](C)NC(=O)Nc1ccc(C(=O)OC2CCN(C(=O)OC(C)(C)C)CC2)cc1. The minimum atomic E-state index is -0.678. The van der Waals surface area contributed by atoms with E-state index in [4.69, 9.17) is 9.47 Å². The number of carbonyl (C=O) groups is 4. The van der Waals surface area contributed by atoms with Crippen LogP contribution in [0.25, 0.3) is 0 Å². The lowest BCUT2D eigenvalue weighted by Crippen LogP contribution is -2.46. The van der Waals surface area contributed by atoms with Crippen LogP contribution in [-0.4, -0.2) is 66.3 Å². The molecule has 1 aliphatic heterocycles. The standard InChI is InChI=1S/C24H36N4O6/c1-6-13-25-20(29)16(2)26-22(31)27-18-9-7-17(8-10-18)21(30)33-19-11-14-28(15-12-19)23(32)34-24(3,4)5/h7-10,16,19H,6,11-15H2,1-5H3,(H,25,29)(H2,26,27,31)/t16-/m1/s1. The molecule has 0 saturated carbocycles. The minimum absolute atomic E-state index is 0.257. The smallest absolute Gasteiger partial charge is 0.410 e. The number of hydrogen-bond acceptors (Lipinski definition) is 6. The summed E-state index contributed by atoms with van der Waals surface area (Å²) in [4.78, 5) is 50.2. The van der Waals surface area contributed by atoms with Gasteiger partial charge in [-0.15, -0.1) is 0 Å². The van der Waals surface area contributed by atoms with Crippen LogP contribution in [-0.2, 0) is 14.3 Å². The zero-order valence-corrected chi connectivity index (χ0v) is 20.6. The number of anilines is 1. The molecule has 1 aromatic carbocycles. The normalized spacial score (nSPS) is 15.1. The van der Waals surface area contributed by atoms with Crippen molar-refractivity contribution in [2.24, 2.45) is 0 Å². The van der Waals surface area contributed by atoms with Crippen LogP contribution >= 0.6 is 0 Å². The van der Waals surface area contributed by atoms with Gasteiger partial charge in [0.2, 0.25) is 5.91 Å². The van der Waals surface area contributed by atoms with Crippen molar-refractivity contribution in [1.29, 1.82) is 0 Å². The maximum atomic E-state index is 12.5.